The van der Waals surface area contributed by atoms with Crippen molar-refractivity contribution in [3.63, 3.8) is 0 Å². The molecule has 1 amide bonds. The number of carbonyl (C=O) groups is 1. The van der Waals surface area contributed by atoms with E-state index in [1.807, 2.05) is 6.07 Å². The predicted octanol–water partition coefficient (Wildman–Crippen LogP) is 6.74. The van der Waals surface area contributed by atoms with E-state index in [-0.39, 0.29) is 0 Å². The van der Waals surface area contributed by atoms with E-state index < -0.39 is 0 Å². The molecule has 3 aromatic rings. The fraction of sp³-hybridized carbons (Fsp3) is 0.613. The molecule has 2 saturated carbocycles. The molecule has 1 aromatic carbocycles. The van der Waals surface area contributed by atoms with Crippen molar-refractivity contribution in [3.8, 4) is 0 Å². The van der Waals surface area contributed by atoms with Crippen LogP contribution in [0.4, 0.5) is 5.69 Å². The summed E-state index contributed by atoms with van der Waals surface area (Å²) in [6, 6.07) is 13.2. The molecule has 192 valence electrons. The van der Waals surface area contributed by atoms with Gasteiger partial charge in [-0.1, -0.05) is 50.7 Å². The lowest BCUT2D eigenvalue weighted by molar-refractivity contribution is -0.124. The number of fused-ring (bicyclic) bond motifs is 3. The third kappa shape index (κ3) is 5.12. The van der Waals surface area contributed by atoms with Crippen LogP contribution < -0.4 is 10.2 Å². The number of benzene rings is 1. The third-order valence-electron chi connectivity index (χ3n) is 9.39. The molecular weight excluding hydrogens is 444 g/mol. The number of pyridine rings is 1. The second-order valence-corrected chi connectivity index (χ2v) is 11.7. The lowest BCUT2D eigenvalue weighted by Crippen LogP contribution is -2.47. The Kier molecular flexibility index (Phi) is 7.16. The van der Waals surface area contributed by atoms with E-state index in [2.05, 4.69) is 51.1 Å². The zero-order chi connectivity index (χ0) is 24.3. The molecule has 36 heavy (non-hydrogen) atoms. The monoisotopic (exact) mass is 486 g/mol. The molecular formula is C31H42N4O. The Morgan fingerprint density at radius 2 is 1.56 bits per heavy atom. The fourth-order valence-corrected chi connectivity index (χ4v) is 7.36. The van der Waals surface area contributed by atoms with Gasteiger partial charge in [-0.05, 0) is 74.5 Å². The number of piperidine rings is 1. The van der Waals surface area contributed by atoms with Gasteiger partial charge in [0.2, 0.25) is 5.91 Å². The van der Waals surface area contributed by atoms with Crippen molar-refractivity contribution in [2.24, 2.45) is 17.8 Å². The van der Waals surface area contributed by atoms with E-state index >= 15 is 0 Å². The van der Waals surface area contributed by atoms with Gasteiger partial charge in [0.1, 0.15) is 5.65 Å². The van der Waals surface area contributed by atoms with Crippen LogP contribution in [0.3, 0.4) is 0 Å². The highest BCUT2D eigenvalue weighted by atomic mass is 16.1. The van der Waals surface area contributed by atoms with E-state index in [0.717, 1.165) is 42.6 Å². The maximum absolute atomic E-state index is 13.3. The highest BCUT2D eigenvalue weighted by Crippen LogP contribution is 2.36. The molecule has 1 N–H and O–H groups in total. The number of para-hydroxylation sites is 2. The molecule has 5 nitrogen and oxygen atoms in total. The van der Waals surface area contributed by atoms with Crippen LogP contribution in [0.15, 0.2) is 42.6 Å². The van der Waals surface area contributed by atoms with E-state index in [4.69, 9.17) is 4.98 Å². The molecule has 0 spiro atoms. The Morgan fingerprint density at radius 3 is 2.25 bits per heavy atom. The van der Waals surface area contributed by atoms with Crippen LogP contribution in [0.2, 0.25) is 0 Å². The molecule has 1 saturated heterocycles. The first kappa shape index (κ1) is 23.8. The number of hydrogen-bond donors (Lipinski definition) is 1. The summed E-state index contributed by atoms with van der Waals surface area (Å²) in [5.41, 5.74) is 4.45. The quantitative estimate of drug-likeness (QED) is 0.420. The van der Waals surface area contributed by atoms with Crippen LogP contribution >= 0.6 is 0 Å². The molecule has 5 heteroatoms. The summed E-state index contributed by atoms with van der Waals surface area (Å²) in [7, 11) is 0. The highest BCUT2D eigenvalue weighted by Gasteiger charge is 2.33. The minimum atomic E-state index is 0.320. The number of nitrogens with zero attached hydrogens (tertiary/aromatic N) is 3. The Morgan fingerprint density at radius 1 is 0.889 bits per heavy atom. The topological polar surface area (TPSA) is 49.6 Å². The van der Waals surface area contributed by atoms with Crippen molar-refractivity contribution in [1.82, 2.24) is 14.7 Å². The van der Waals surface area contributed by atoms with Crippen LogP contribution in [0, 0.1) is 17.8 Å². The number of amides is 1. The Bertz CT molecular complexity index is 1150. The van der Waals surface area contributed by atoms with Crippen LogP contribution in [0.1, 0.15) is 83.5 Å². The third-order valence-corrected chi connectivity index (χ3v) is 9.39. The molecule has 6 rings (SSSR count). The molecule has 2 aliphatic carbocycles. The van der Waals surface area contributed by atoms with Gasteiger partial charge in [0.25, 0.3) is 0 Å². The fourth-order valence-electron chi connectivity index (χ4n) is 7.36. The Hall–Kier alpha value is -2.56. The predicted molar refractivity (Wildman–Crippen MR) is 147 cm³/mol. The SMILES string of the molecule is O=C(CC1CCN(c2ccn3c(c2)nc2ccccc23)CC1)NC(C1CCCCC1)C1CCCCC1. The first-order chi connectivity index (χ1) is 17.7. The molecule has 3 fully saturated rings. The minimum absolute atomic E-state index is 0.320. The van der Waals surface area contributed by atoms with Crippen LogP contribution in [-0.2, 0) is 4.79 Å². The maximum Gasteiger partial charge on any atom is 0.220 e. The van der Waals surface area contributed by atoms with E-state index in [1.165, 1.54) is 69.9 Å². The van der Waals surface area contributed by atoms with Crippen molar-refractivity contribution in [2.75, 3.05) is 18.0 Å². The number of anilines is 1. The van der Waals surface area contributed by atoms with Gasteiger partial charge in [-0.2, -0.15) is 0 Å². The van der Waals surface area contributed by atoms with Crippen LogP contribution in [-0.4, -0.2) is 34.4 Å². The minimum Gasteiger partial charge on any atom is -0.371 e. The van der Waals surface area contributed by atoms with E-state index in [0.29, 0.717) is 36.1 Å². The summed E-state index contributed by atoms with van der Waals surface area (Å²) in [5, 5.41) is 3.62. The molecule has 2 aromatic heterocycles. The standard InChI is InChI=1S/C31H42N4O/c36-30(33-31(24-9-3-1-4-10-24)25-11-5-2-6-12-25)21-23-15-18-34(19-16-23)26-17-20-35-28-14-8-7-13-27(28)32-29(35)22-26/h7-8,13-14,17,20,22-25,31H,1-6,9-12,15-16,18-19,21H2,(H,33,36). The van der Waals surface area contributed by atoms with E-state index in [9.17, 15) is 4.79 Å². The number of rotatable bonds is 6. The average molecular weight is 487 g/mol. The summed E-state index contributed by atoms with van der Waals surface area (Å²) in [6.07, 6.45) is 18.5. The van der Waals surface area contributed by atoms with Gasteiger partial charge < -0.3 is 10.2 Å². The number of carbonyl (C=O) groups excluding carboxylic acids is 1. The van der Waals surface area contributed by atoms with Crippen molar-refractivity contribution in [3.05, 3.63) is 42.6 Å². The zero-order valence-corrected chi connectivity index (χ0v) is 21.7. The Labute approximate surface area is 215 Å². The van der Waals surface area contributed by atoms with Gasteiger partial charge in [-0.25, -0.2) is 4.98 Å². The lowest BCUT2D eigenvalue weighted by Gasteiger charge is -2.39. The van der Waals surface area contributed by atoms with Gasteiger partial charge in [0.05, 0.1) is 11.0 Å². The molecule has 3 aliphatic rings. The summed E-state index contributed by atoms with van der Waals surface area (Å²) < 4.78 is 2.17. The molecule has 0 unspecified atom stereocenters. The summed E-state index contributed by atoms with van der Waals surface area (Å²) in [5.74, 6) is 2.24. The van der Waals surface area contributed by atoms with Crippen LogP contribution in [0.5, 0.6) is 0 Å². The average Bonchev–Trinajstić information content (AvgIpc) is 3.31. The number of hydrogen-bond acceptors (Lipinski definition) is 3. The van der Waals surface area contributed by atoms with Crippen molar-refractivity contribution >= 4 is 28.3 Å². The smallest absolute Gasteiger partial charge is 0.220 e. The zero-order valence-electron chi connectivity index (χ0n) is 21.7. The Balaban J connectivity index is 1.05. The number of imidazole rings is 1. The van der Waals surface area contributed by atoms with Crippen molar-refractivity contribution < 1.29 is 4.79 Å². The molecule has 1 aliphatic heterocycles. The highest BCUT2D eigenvalue weighted by molar-refractivity contribution is 5.81. The second-order valence-electron chi connectivity index (χ2n) is 11.7. The lowest BCUT2D eigenvalue weighted by atomic mass is 9.73. The molecule has 0 radical (unpaired) electrons. The van der Waals surface area contributed by atoms with Crippen molar-refractivity contribution in [2.45, 2.75) is 89.5 Å². The first-order valence-electron chi connectivity index (χ1n) is 14.7. The van der Waals surface area contributed by atoms with Gasteiger partial charge in [0, 0.05) is 43.5 Å². The summed E-state index contributed by atoms with van der Waals surface area (Å²) >= 11 is 0. The normalized spacial score (nSPS) is 21.0. The summed E-state index contributed by atoms with van der Waals surface area (Å²) in [4.78, 5) is 20.5. The van der Waals surface area contributed by atoms with E-state index in [1.54, 1.807) is 0 Å². The van der Waals surface area contributed by atoms with Crippen LogP contribution in [0.25, 0.3) is 16.7 Å². The molecule has 0 atom stereocenters. The number of aromatic nitrogens is 2. The second kappa shape index (κ2) is 10.8. The first-order valence-corrected chi connectivity index (χ1v) is 14.7. The molecule has 3 heterocycles. The van der Waals surface area contributed by atoms with Gasteiger partial charge in [-0.3, -0.25) is 9.20 Å². The van der Waals surface area contributed by atoms with Gasteiger partial charge in [0.15, 0.2) is 0 Å². The van der Waals surface area contributed by atoms with Gasteiger partial charge >= 0.3 is 0 Å². The van der Waals surface area contributed by atoms with Gasteiger partial charge in [-0.15, -0.1) is 0 Å². The summed E-state index contributed by atoms with van der Waals surface area (Å²) in [6.45, 7) is 2.03. The molecule has 0 bridgehead atoms. The maximum atomic E-state index is 13.3. The van der Waals surface area contributed by atoms with Crippen molar-refractivity contribution in [1.29, 1.82) is 0 Å². The largest absolute Gasteiger partial charge is 0.371 e. The number of nitrogens with one attached hydrogen (secondary N) is 1.